The second-order valence-corrected chi connectivity index (χ2v) is 9.73. The highest BCUT2D eigenvalue weighted by Crippen LogP contribution is 2.23. The summed E-state index contributed by atoms with van der Waals surface area (Å²) >= 11 is 1.39. The molecule has 8 nitrogen and oxygen atoms in total. The molecule has 1 aliphatic carbocycles. The van der Waals surface area contributed by atoms with Crippen molar-refractivity contribution in [2.75, 3.05) is 17.3 Å². The van der Waals surface area contributed by atoms with Crippen LogP contribution < -0.4 is 11.1 Å². The number of carbonyl (C=O) groups is 1. The van der Waals surface area contributed by atoms with Crippen LogP contribution in [0.5, 0.6) is 0 Å². The fraction of sp³-hybridized carbons (Fsp3) is 0.182. The van der Waals surface area contributed by atoms with Crippen molar-refractivity contribution in [3.8, 4) is 0 Å². The topological polar surface area (TPSA) is 131 Å². The van der Waals surface area contributed by atoms with Crippen LogP contribution in [0.1, 0.15) is 25.7 Å². The Kier molecular flexibility index (Phi) is 7.62. The first-order chi connectivity index (χ1) is 15.2. The minimum Gasteiger partial charge on any atom is -0.397 e. The number of rotatable bonds is 5. The number of benzene rings is 2. The number of carbonyl (C=O) groups excluding carboxylic acids is 1. The lowest BCUT2D eigenvalue weighted by Gasteiger charge is -2.06. The van der Waals surface area contributed by atoms with Crippen molar-refractivity contribution < 1.29 is 22.6 Å². The Morgan fingerprint density at radius 2 is 1.69 bits per heavy atom. The number of nitrogens with one attached hydrogen (secondary N) is 1. The minimum absolute atomic E-state index is 0.179. The lowest BCUT2D eigenvalue weighted by Crippen LogP contribution is -2.11. The number of hydrogen-bond donors (Lipinski definition) is 3. The van der Waals surface area contributed by atoms with E-state index in [2.05, 4.69) is 22.6 Å². The molecule has 10 heteroatoms. The molecule has 0 fully saturated rings. The summed E-state index contributed by atoms with van der Waals surface area (Å²) in [6.45, 7) is 0.352. The summed E-state index contributed by atoms with van der Waals surface area (Å²) in [5, 5.41) is 7.10. The second-order valence-electron chi connectivity index (χ2n) is 7.09. The van der Waals surface area contributed by atoms with Crippen LogP contribution in [0.4, 0.5) is 11.4 Å². The van der Waals surface area contributed by atoms with Gasteiger partial charge in [-0.3, -0.25) is 9.35 Å². The van der Waals surface area contributed by atoms with E-state index < -0.39 is 10.1 Å². The van der Waals surface area contributed by atoms with Crippen molar-refractivity contribution in [2.24, 2.45) is 5.16 Å². The van der Waals surface area contributed by atoms with Gasteiger partial charge < -0.3 is 15.9 Å². The van der Waals surface area contributed by atoms with Crippen molar-refractivity contribution >= 4 is 44.4 Å². The second kappa shape index (κ2) is 10.4. The molecule has 0 saturated heterocycles. The summed E-state index contributed by atoms with van der Waals surface area (Å²) in [4.78, 5) is 19.4. The van der Waals surface area contributed by atoms with Crippen LogP contribution in [0.15, 0.2) is 65.8 Å². The molecule has 32 heavy (non-hydrogen) atoms. The zero-order valence-electron chi connectivity index (χ0n) is 17.3. The van der Waals surface area contributed by atoms with E-state index in [4.69, 9.17) is 15.1 Å². The van der Waals surface area contributed by atoms with Crippen LogP contribution in [0.2, 0.25) is 0 Å². The molecule has 0 saturated carbocycles. The highest BCUT2D eigenvalue weighted by molar-refractivity contribution is 7.85. The van der Waals surface area contributed by atoms with Crippen LogP contribution in [0.3, 0.4) is 0 Å². The molecular weight excluding hydrogens is 450 g/mol. The van der Waals surface area contributed by atoms with Crippen LogP contribution in [-0.4, -0.2) is 30.8 Å². The third-order valence-electron chi connectivity index (χ3n) is 4.40. The number of nitrogens with two attached hydrogens (primary N) is 1. The van der Waals surface area contributed by atoms with E-state index in [0.29, 0.717) is 29.1 Å². The number of oxime groups is 1. The van der Waals surface area contributed by atoms with E-state index >= 15 is 0 Å². The standard InChI is InChI=1S/C21H19N3O2S.CH4O3S/c22-18-7-3-4-8-19(18)23-21(25)20-10-9-17(27-20)13-26-24-16-11-14-5-1-2-6-15(14)12-16;1-5(2,3)4/h1-10H,11-13,22H2,(H,23,25);1H3,(H,2,3,4). The number of para-hydroxylation sites is 2. The summed E-state index contributed by atoms with van der Waals surface area (Å²) in [5.74, 6) is -0.179. The summed E-state index contributed by atoms with van der Waals surface area (Å²) < 4.78 is 25.9. The van der Waals surface area contributed by atoms with Crippen LogP contribution >= 0.6 is 11.3 Å². The predicted octanol–water partition coefficient (Wildman–Crippen LogP) is 3.76. The molecule has 4 rings (SSSR count). The molecule has 0 spiro atoms. The van der Waals surface area contributed by atoms with Crippen LogP contribution in [-0.2, 0) is 34.4 Å². The van der Waals surface area contributed by atoms with Gasteiger partial charge in [-0.1, -0.05) is 41.6 Å². The van der Waals surface area contributed by atoms with Gasteiger partial charge in [0.25, 0.3) is 16.0 Å². The first-order valence-corrected chi connectivity index (χ1v) is 12.3. The first-order valence-electron chi connectivity index (χ1n) is 9.60. The van der Waals surface area contributed by atoms with Gasteiger partial charge in [-0.25, -0.2) is 0 Å². The molecule has 2 aromatic carbocycles. The maximum Gasteiger partial charge on any atom is 0.265 e. The molecule has 1 aliphatic rings. The third-order valence-corrected chi connectivity index (χ3v) is 5.46. The number of nitrogen functional groups attached to an aromatic ring is 1. The third kappa shape index (κ3) is 7.19. The Morgan fingerprint density at radius 1 is 1.09 bits per heavy atom. The van der Waals surface area contributed by atoms with Gasteiger partial charge in [-0.15, -0.1) is 11.3 Å². The van der Waals surface area contributed by atoms with Gasteiger partial charge >= 0.3 is 0 Å². The maximum atomic E-state index is 12.4. The van der Waals surface area contributed by atoms with E-state index in [-0.39, 0.29) is 5.91 Å². The molecule has 4 N–H and O–H groups in total. The average Bonchev–Trinajstić information content (AvgIpc) is 3.35. The number of fused-ring (bicyclic) bond motifs is 1. The van der Waals surface area contributed by atoms with E-state index in [1.165, 1.54) is 22.5 Å². The van der Waals surface area contributed by atoms with Gasteiger partial charge in [-0.2, -0.15) is 8.42 Å². The molecule has 0 atom stereocenters. The average molecular weight is 474 g/mol. The summed E-state index contributed by atoms with van der Waals surface area (Å²) in [6, 6.07) is 19.2. The number of thiophene rings is 1. The number of nitrogens with zero attached hydrogens (tertiary/aromatic N) is 1. The molecule has 0 unspecified atom stereocenters. The van der Waals surface area contributed by atoms with Crippen LogP contribution in [0.25, 0.3) is 0 Å². The van der Waals surface area contributed by atoms with Crippen LogP contribution in [0, 0.1) is 0 Å². The highest BCUT2D eigenvalue weighted by Gasteiger charge is 2.16. The van der Waals surface area contributed by atoms with Crippen molar-refractivity contribution in [1.82, 2.24) is 0 Å². The van der Waals surface area contributed by atoms with Gasteiger partial charge in [0.1, 0.15) is 0 Å². The van der Waals surface area contributed by atoms with Crippen molar-refractivity contribution in [2.45, 2.75) is 19.4 Å². The molecule has 1 aromatic heterocycles. The quantitative estimate of drug-likeness (QED) is 0.294. The minimum atomic E-state index is -3.67. The lowest BCUT2D eigenvalue weighted by atomic mass is 10.1. The predicted molar refractivity (Wildman–Crippen MR) is 127 cm³/mol. The molecule has 0 aliphatic heterocycles. The Hall–Kier alpha value is -3.21. The molecule has 1 heterocycles. The Bertz CT molecular complexity index is 1200. The normalized spacial score (nSPS) is 12.4. The zero-order chi connectivity index (χ0) is 23.1. The first kappa shape index (κ1) is 23.5. The molecule has 0 bridgehead atoms. The van der Waals surface area contributed by atoms with Gasteiger partial charge in [0, 0.05) is 17.7 Å². The van der Waals surface area contributed by atoms with Gasteiger partial charge in [-0.05, 0) is 35.4 Å². The molecular formula is C22H23N3O5S2. The van der Waals surface area contributed by atoms with Crippen molar-refractivity contribution in [3.63, 3.8) is 0 Å². The fourth-order valence-corrected chi connectivity index (χ4v) is 3.84. The largest absolute Gasteiger partial charge is 0.397 e. The summed E-state index contributed by atoms with van der Waals surface area (Å²) in [5.41, 5.74) is 10.7. The smallest absolute Gasteiger partial charge is 0.265 e. The zero-order valence-corrected chi connectivity index (χ0v) is 18.9. The molecule has 3 aromatic rings. The Morgan fingerprint density at radius 3 is 2.31 bits per heavy atom. The van der Waals surface area contributed by atoms with E-state index in [1.54, 1.807) is 18.2 Å². The van der Waals surface area contributed by atoms with Crippen molar-refractivity contribution in [3.05, 3.63) is 81.5 Å². The number of amides is 1. The summed E-state index contributed by atoms with van der Waals surface area (Å²) in [6.07, 6.45) is 2.40. The number of anilines is 2. The highest BCUT2D eigenvalue weighted by atomic mass is 32.2. The van der Waals surface area contributed by atoms with Gasteiger partial charge in [0.05, 0.1) is 28.2 Å². The molecule has 168 valence electrons. The van der Waals surface area contributed by atoms with E-state index in [9.17, 15) is 13.2 Å². The van der Waals surface area contributed by atoms with Gasteiger partial charge in [0.2, 0.25) is 0 Å². The van der Waals surface area contributed by atoms with Gasteiger partial charge in [0.15, 0.2) is 6.61 Å². The monoisotopic (exact) mass is 473 g/mol. The van der Waals surface area contributed by atoms with E-state index in [0.717, 1.165) is 23.4 Å². The van der Waals surface area contributed by atoms with E-state index in [1.807, 2.05) is 30.3 Å². The number of hydrogen-bond acceptors (Lipinski definition) is 7. The molecule has 0 radical (unpaired) electrons. The SMILES string of the molecule is CS(=O)(=O)O.Nc1ccccc1NC(=O)c1ccc(CON=C2Cc3ccccc3C2)s1. The Balaban J connectivity index is 0.000000523. The molecule has 1 amide bonds. The van der Waals surface area contributed by atoms with Crippen molar-refractivity contribution in [1.29, 1.82) is 0 Å². The summed E-state index contributed by atoms with van der Waals surface area (Å²) in [7, 11) is -3.67. The Labute approximate surface area is 190 Å². The fourth-order valence-electron chi connectivity index (χ4n) is 3.03. The lowest BCUT2D eigenvalue weighted by molar-refractivity contribution is 0.103. The maximum absolute atomic E-state index is 12.4.